The van der Waals surface area contributed by atoms with Crippen molar-refractivity contribution in [3.63, 3.8) is 0 Å². The molecule has 0 aliphatic carbocycles. The lowest BCUT2D eigenvalue weighted by atomic mass is 10.2. The van der Waals surface area contributed by atoms with Crippen molar-refractivity contribution in [1.29, 1.82) is 0 Å². The topological polar surface area (TPSA) is 74.7 Å². The van der Waals surface area contributed by atoms with Gasteiger partial charge >= 0.3 is 5.97 Å². The van der Waals surface area contributed by atoms with Gasteiger partial charge in [-0.3, -0.25) is 4.79 Å². The highest BCUT2D eigenvalue weighted by molar-refractivity contribution is 9.10. The predicted octanol–water partition coefficient (Wildman–Crippen LogP) is 2.83. The molecule has 0 spiro atoms. The van der Waals surface area contributed by atoms with Gasteiger partial charge in [-0.15, -0.1) is 0 Å². The highest BCUT2D eigenvalue weighted by Gasteiger charge is 2.28. The number of aliphatic carboxylic acids is 1. The summed E-state index contributed by atoms with van der Waals surface area (Å²) in [7, 11) is -3.81. The van der Waals surface area contributed by atoms with Crippen LogP contribution in [0.2, 0.25) is 5.02 Å². The Morgan fingerprint density at radius 1 is 1.50 bits per heavy atom. The first-order valence-electron chi connectivity index (χ1n) is 5.88. The molecule has 8 heteroatoms. The van der Waals surface area contributed by atoms with Crippen molar-refractivity contribution in [2.45, 2.75) is 18.7 Å². The lowest BCUT2D eigenvalue weighted by Crippen LogP contribution is -2.36. The third kappa shape index (κ3) is 3.94. The van der Waals surface area contributed by atoms with Gasteiger partial charge in [0.2, 0.25) is 10.0 Å². The van der Waals surface area contributed by atoms with Crippen LogP contribution in [0.5, 0.6) is 0 Å². The van der Waals surface area contributed by atoms with Crippen molar-refractivity contribution in [1.82, 2.24) is 4.31 Å². The molecular weight excluding hydrogens is 370 g/mol. The average molecular weight is 385 g/mol. The molecule has 112 valence electrons. The van der Waals surface area contributed by atoms with Gasteiger partial charge in [0, 0.05) is 17.6 Å². The van der Waals surface area contributed by atoms with Crippen LogP contribution in [0, 0.1) is 5.92 Å². The third-order valence-corrected chi connectivity index (χ3v) is 5.68. The van der Waals surface area contributed by atoms with Gasteiger partial charge in [-0.25, -0.2) is 8.42 Å². The largest absolute Gasteiger partial charge is 0.481 e. The molecule has 1 unspecified atom stereocenters. The number of nitrogens with zero attached hydrogens (tertiary/aromatic N) is 1. The van der Waals surface area contributed by atoms with E-state index in [0.29, 0.717) is 4.47 Å². The van der Waals surface area contributed by atoms with Gasteiger partial charge in [0.1, 0.15) is 4.90 Å². The van der Waals surface area contributed by atoms with Gasteiger partial charge in [-0.1, -0.05) is 41.4 Å². The normalized spacial score (nSPS) is 13.4. The molecular formula is C12H15BrClNO4S. The van der Waals surface area contributed by atoms with Crippen LogP contribution in [0.1, 0.15) is 13.8 Å². The van der Waals surface area contributed by atoms with Gasteiger partial charge in [0.05, 0.1) is 10.9 Å². The van der Waals surface area contributed by atoms with Crippen molar-refractivity contribution in [3.05, 3.63) is 27.7 Å². The molecule has 0 fully saturated rings. The van der Waals surface area contributed by atoms with Crippen molar-refractivity contribution in [2.24, 2.45) is 5.92 Å². The van der Waals surface area contributed by atoms with E-state index in [4.69, 9.17) is 16.7 Å². The first kappa shape index (κ1) is 17.4. The van der Waals surface area contributed by atoms with Crippen molar-refractivity contribution in [3.8, 4) is 0 Å². The summed E-state index contributed by atoms with van der Waals surface area (Å²) >= 11 is 9.17. The number of sulfonamides is 1. The number of benzene rings is 1. The second kappa shape index (κ2) is 6.89. The molecule has 5 nitrogen and oxygen atoms in total. The van der Waals surface area contributed by atoms with Crippen molar-refractivity contribution >= 4 is 43.5 Å². The average Bonchev–Trinajstić information content (AvgIpc) is 2.34. The zero-order valence-electron chi connectivity index (χ0n) is 11.0. The number of halogens is 2. The van der Waals surface area contributed by atoms with E-state index in [1.165, 1.54) is 19.1 Å². The number of hydrogen-bond donors (Lipinski definition) is 1. The summed E-state index contributed by atoms with van der Waals surface area (Å²) in [5.41, 5.74) is 0. The smallest absolute Gasteiger partial charge is 0.307 e. The Balaban J connectivity index is 3.15. The Kier molecular flexibility index (Phi) is 6.00. The fourth-order valence-corrected chi connectivity index (χ4v) is 4.15. The van der Waals surface area contributed by atoms with E-state index in [2.05, 4.69) is 15.9 Å². The van der Waals surface area contributed by atoms with Gasteiger partial charge < -0.3 is 5.11 Å². The fourth-order valence-electron chi connectivity index (χ4n) is 1.60. The van der Waals surface area contributed by atoms with Crippen LogP contribution < -0.4 is 0 Å². The van der Waals surface area contributed by atoms with Crippen molar-refractivity contribution in [2.75, 3.05) is 13.1 Å². The Bertz CT molecular complexity index is 605. The lowest BCUT2D eigenvalue weighted by Gasteiger charge is -2.22. The van der Waals surface area contributed by atoms with E-state index in [0.717, 1.165) is 4.31 Å². The maximum absolute atomic E-state index is 12.5. The summed E-state index contributed by atoms with van der Waals surface area (Å²) in [5.74, 6) is -1.83. The van der Waals surface area contributed by atoms with Crippen LogP contribution in [-0.2, 0) is 14.8 Å². The molecule has 1 aromatic rings. The van der Waals surface area contributed by atoms with Crippen LogP contribution in [0.4, 0.5) is 0 Å². The van der Waals surface area contributed by atoms with E-state index in [-0.39, 0.29) is 23.0 Å². The van der Waals surface area contributed by atoms with Crippen LogP contribution in [0.25, 0.3) is 0 Å². The van der Waals surface area contributed by atoms with Crippen LogP contribution in [0.15, 0.2) is 27.6 Å². The second-order valence-electron chi connectivity index (χ2n) is 4.27. The van der Waals surface area contributed by atoms with E-state index in [9.17, 15) is 13.2 Å². The van der Waals surface area contributed by atoms with Crippen molar-refractivity contribution < 1.29 is 18.3 Å². The zero-order valence-corrected chi connectivity index (χ0v) is 14.2. The summed E-state index contributed by atoms with van der Waals surface area (Å²) < 4.78 is 26.8. The molecule has 1 atom stereocenters. The minimum absolute atomic E-state index is 0.0261. The molecule has 0 heterocycles. The molecule has 0 aliphatic rings. The molecule has 0 aromatic heterocycles. The van der Waals surface area contributed by atoms with Crippen LogP contribution >= 0.6 is 27.5 Å². The van der Waals surface area contributed by atoms with Crippen LogP contribution in [-0.4, -0.2) is 36.9 Å². The monoisotopic (exact) mass is 383 g/mol. The van der Waals surface area contributed by atoms with Gasteiger partial charge in [-0.05, 0) is 18.2 Å². The summed E-state index contributed by atoms with van der Waals surface area (Å²) in [4.78, 5) is 10.8. The predicted molar refractivity (Wildman–Crippen MR) is 80.4 cm³/mol. The summed E-state index contributed by atoms with van der Waals surface area (Å²) in [6.45, 7) is 3.19. The van der Waals surface area contributed by atoms with Gasteiger partial charge in [-0.2, -0.15) is 4.31 Å². The number of carboxylic acid groups (broad SMARTS) is 1. The first-order chi connectivity index (χ1) is 9.20. The molecule has 20 heavy (non-hydrogen) atoms. The molecule has 1 N–H and O–H groups in total. The summed E-state index contributed by atoms with van der Waals surface area (Å²) in [6.07, 6.45) is 0. The Morgan fingerprint density at radius 3 is 2.55 bits per heavy atom. The lowest BCUT2D eigenvalue weighted by molar-refractivity contribution is -0.141. The molecule has 1 aromatic carbocycles. The Morgan fingerprint density at radius 2 is 2.10 bits per heavy atom. The molecule has 0 saturated heterocycles. The SMILES string of the molecule is CCN(CC(C)C(=O)O)S(=O)(=O)c1ccc(Br)cc1Cl. The number of carboxylic acids is 1. The second-order valence-corrected chi connectivity index (χ2v) is 7.50. The molecule has 0 radical (unpaired) electrons. The fraction of sp³-hybridized carbons (Fsp3) is 0.417. The van der Waals surface area contributed by atoms with E-state index < -0.39 is 21.9 Å². The molecule has 0 saturated carbocycles. The van der Waals surface area contributed by atoms with E-state index >= 15 is 0 Å². The Hall–Kier alpha value is -0.630. The minimum Gasteiger partial charge on any atom is -0.481 e. The number of rotatable bonds is 6. The maximum Gasteiger partial charge on any atom is 0.307 e. The van der Waals surface area contributed by atoms with Gasteiger partial charge in [0.25, 0.3) is 0 Å². The number of carbonyl (C=O) groups is 1. The standard InChI is InChI=1S/C12H15BrClNO4S/c1-3-15(7-8(2)12(16)17)20(18,19)11-5-4-9(13)6-10(11)14/h4-6,8H,3,7H2,1-2H3,(H,16,17). The summed E-state index contributed by atoms with van der Waals surface area (Å²) in [5, 5.41) is 9.00. The molecule has 0 bridgehead atoms. The molecule has 1 rings (SSSR count). The number of hydrogen-bond acceptors (Lipinski definition) is 3. The van der Waals surface area contributed by atoms with E-state index in [1.54, 1.807) is 13.0 Å². The minimum atomic E-state index is -3.81. The molecule has 0 aliphatic heterocycles. The molecule has 0 amide bonds. The first-order valence-corrected chi connectivity index (χ1v) is 8.49. The Labute approximate surface area is 131 Å². The van der Waals surface area contributed by atoms with E-state index in [1.807, 2.05) is 0 Å². The third-order valence-electron chi connectivity index (χ3n) is 2.76. The zero-order chi connectivity index (χ0) is 15.5. The highest BCUT2D eigenvalue weighted by Crippen LogP contribution is 2.28. The maximum atomic E-state index is 12.5. The van der Waals surface area contributed by atoms with Crippen LogP contribution in [0.3, 0.4) is 0 Å². The summed E-state index contributed by atoms with van der Waals surface area (Å²) in [6, 6.07) is 4.46. The quantitative estimate of drug-likeness (QED) is 0.818. The highest BCUT2D eigenvalue weighted by atomic mass is 79.9. The van der Waals surface area contributed by atoms with Gasteiger partial charge in [0.15, 0.2) is 0 Å².